The summed E-state index contributed by atoms with van der Waals surface area (Å²) in [6, 6.07) is 0. The number of hydrogen-bond acceptors (Lipinski definition) is 0. The van der Waals surface area contributed by atoms with Crippen LogP contribution in [0.1, 0.15) is 251 Å². The molecule has 0 bridgehead atoms. The van der Waals surface area contributed by atoms with Crippen molar-refractivity contribution in [2.45, 2.75) is 251 Å². The van der Waals surface area contributed by atoms with E-state index in [1.54, 1.807) is 0 Å². The normalized spacial score (nSPS) is 12.4. The minimum atomic E-state index is 0.715. The summed E-state index contributed by atoms with van der Waals surface area (Å²) in [5, 5.41) is 0. The Kier molecular flexibility index (Phi) is 38.0. The van der Waals surface area contributed by atoms with Crippen LogP contribution in [-0.2, 0) is 0 Å². The molecule has 1 unspecified atom stereocenters. The van der Waals surface area contributed by atoms with Gasteiger partial charge in [-0.2, -0.15) is 0 Å². The molecule has 1 radical (unpaired) electrons. The Bertz CT molecular complexity index is 426. The average Bonchev–Trinajstić information content (AvgIpc) is 2.98. The second-order valence-electron chi connectivity index (χ2n) is 14.1. The van der Waals surface area contributed by atoms with Crippen LogP contribution in [0.5, 0.6) is 0 Å². The Morgan fingerprint density at radius 3 is 0.561 bits per heavy atom. The third-order valence-corrected chi connectivity index (χ3v) is 9.68. The Morgan fingerprint density at radius 1 is 0.244 bits per heavy atom. The van der Waals surface area contributed by atoms with Crippen LogP contribution in [0.4, 0.5) is 0 Å². The summed E-state index contributed by atoms with van der Waals surface area (Å²) >= 11 is 0. The van der Waals surface area contributed by atoms with Crippen molar-refractivity contribution in [2.24, 2.45) is 5.92 Å². The maximum absolute atomic E-state index is 4.46. The van der Waals surface area contributed by atoms with Crippen LogP contribution in [0, 0.1) is 12.8 Å². The first-order chi connectivity index (χ1) is 20.3. The fraction of sp³-hybridized carbons (Fsp3) is 0.976. The quantitative estimate of drug-likeness (QED) is 0.0646. The van der Waals surface area contributed by atoms with Gasteiger partial charge in [-0.1, -0.05) is 258 Å². The Hall–Kier alpha value is 0. The van der Waals surface area contributed by atoms with E-state index in [0.29, 0.717) is 5.92 Å². The van der Waals surface area contributed by atoms with Crippen molar-refractivity contribution in [1.82, 2.24) is 0 Å². The van der Waals surface area contributed by atoms with Crippen molar-refractivity contribution in [1.29, 1.82) is 0 Å². The van der Waals surface area contributed by atoms with E-state index in [2.05, 4.69) is 20.8 Å². The molecule has 0 aromatic heterocycles. The van der Waals surface area contributed by atoms with Crippen LogP contribution < -0.4 is 0 Å². The number of rotatable bonds is 37. The van der Waals surface area contributed by atoms with Crippen molar-refractivity contribution < 1.29 is 0 Å². The van der Waals surface area contributed by atoms with Gasteiger partial charge in [0.2, 0.25) is 0 Å². The molecule has 0 rings (SSSR count). The second-order valence-corrected chi connectivity index (χ2v) is 14.1. The monoisotopic (exact) mass is 576 g/mol. The van der Waals surface area contributed by atoms with Gasteiger partial charge in [-0.15, -0.1) is 0 Å². The summed E-state index contributed by atoms with van der Waals surface area (Å²) in [5.41, 5.74) is 0. The number of hydrogen-bond donors (Lipinski definition) is 0. The molecule has 0 aliphatic carbocycles. The van der Waals surface area contributed by atoms with E-state index < -0.39 is 0 Å². The van der Waals surface area contributed by atoms with Gasteiger partial charge in [0.05, 0.1) is 0 Å². The summed E-state index contributed by atoms with van der Waals surface area (Å²) in [4.78, 5) is 0. The fourth-order valence-corrected chi connectivity index (χ4v) is 6.64. The van der Waals surface area contributed by atoms with E-state index in [1.807, 2.05) is 0 Å². The molecule has 0 nitrogen and oxygen atoms in total. The molecule has 0 saturated carbocycles. The second kappa shape index (κ2) is 38.0. The molecule has 0 aromatic carbocycles. The van der Waals surface area contributed by atoms with Gasteiger partial charge >= 0.3 is 0 Å². The molecule has 0 N–H and O–H groups in total. The van der Waals surface area contributed by atoms with E-state index in [0.717, 1.165) is 0 Å². The largest absolute Gasteiger partial charge is 0.0654 e. The van der Waals surface area contributed by atoms with E-state index in [-0.39, 0.29) is 0 Å². The molecule has 247 valence electrons. The first-order valence-corrected chi connectivity index (χ1v) is 20.1. The maximum Gasteiger partial charge on any atom is -0.0414 e. The highest BCUT2D eigenvalue weighted by atomic mass is 14.1. The predicted octanol–water partition coefficient (Wildman–Crippen LogP) is 15.9. The fourth-order valence-electron chi connectivity index (χ4n) is 6.64. The van der Waals surface area contributed by atoms with E-state index >= 15 is 0 Å². The molecule has 0 spiro atoms. The molecule has 0 aromatic rings. The van der Waals surface area contributed by atoms with E-state index in [9.17, 15) is 0 Å². The van der Waals surface area contributed by atoms with Gasteiger partial charge in [0.1, 0.15) is 0 Å². The molecule has 0 saturated heterocycles. The van der Waals surface area contributed by atoms with Gasteiger partial charge in [0.15, 0.2) is 0 Å². The van der Waals surface area contributed by atoms with Crippen LogP contribution in [0.2, 0.25) is 0 Å². The highest BCUT2D eigenvalue weighted by Gasteiger charge is 2.03. The minimum Gasteiger partial charge on any atom is -0.0654 e. The molecule has 0 heteroatoms. The van der Waals surface area contributed by atoms with Gasteiger partial charge in [0, 0.05) is 0 Å². The van der Waals surface area contributed by atoms with Crippen molar-refractivity contribution in [3.63, 3.8) is 0 Å². The Labute approximate surface area is 263 Å². The molecule has 0 aliphatic heterocycles. The molecule has 0 aliphatic rings. The van der Waals surface area contributed by atoms with Gasteiger partial charge in [0.25, 0.3) is 0 Å². The average molecular weight is 576 g/mol. The molecular weight excluding hydrogens is 492 g/mol. The third kappa shape index (κ3) is 38.0. The number of unbranched alkanes of at least 4 members (excludes halogenated alkanes) is 33. The lowest BCUT2D eigenvalue weighted by Gasteiger charge is -2.11. The van der Waals surface area contributed by atoms with Crippen LogP contribution in [0.25, 0.3) is 0 Å². The maximum atomic E-state index is 4.46. The molecular formula is C41H83. The lowest BCUT2D eigenvalue weighted by Crippen LogP contribution is -1.95. The summed E-state index contributed by atoms with van der Waals surface area (Å²) in [6.07, 6.45) is 54.0. The lowest BCUT2D eigenvalue weighted by atomic mass is 9.95. The minimum absolute atomic E-state index is 0.715. The van der Waals surface area contributed by atoms with Gasteiger partial charge < -0.3 is 0 Å². The zero-order chi connectivity index (χ0) is 29.7. The van der Waals surface area contributed by atoms with Gasteiger partial charge in [-0.05, 0) is 5.92 Å². The van der Waals surface area contributed by atoms with Crippen molar-refractivity contribution in [2.75, 3.05) is 0 Å². The zero-order valence-electron chi connectivity index (χ0n) is 29.4. The molecule has 0 heterocycles. The summed E-state index contributed by atoms with van der Waals surface area (Å²) in [5.74, 6) is 0.715. The Morgan fingerprint density at radius 2 is 0.390 bits per heavy atom. The molecule has 0 fully saturated rings. The van der Waals surface area contributed by atoms with Crippen LogP contribution in [-0.4, -0.2) is 0 Å². The molecule has 1 atom stereocenters. The standard InChI is InChI=1S/C41H83/c1-4-6-8-10-12-14-16-18-20-21-22-23-24-26-28-30-32-34-36-38-40-41(3)39-37-35-33-31-29-27-25-19-17-15-13-11-9-7-5-2/h41H,3-40H2,1-2H3. The zero-order valence-corrected chi connectivity index (χ0v) is 29.4. The van der Waals surface area contributed by atoms with Crippen LogP contribution in [0.3, 0.4) is 0 Å². The topological polar surface area (TPSA) is 0 Å². The van der Waals surface area contributed by atoms with Crippen molar-refractivity contribution in [3.05, 3.63) is 6.92 Å². The first kappa shape index (κ1) is 41.0. The SMILES string of the molecule is [CH2]C(CCCCCCCCCCCCCCCCC)CCCCCCCCCCCCCCCCCCCCCC. The molecule has 0 amide bonds. The van der Waals surface area contributed by atoms with Gasteiger partial charge in [-0.3, -0.25) is 0 Å². The summed E-state index contributed by atoms with van der Waals surface area (Å²) in [7, 11) is 0. The third-order valence-electron chi connectivity index (χ3n) is 9.68. The summed E-state index contributed by atoms with van der Waals surface area (Å²) in [6.45, 7) is 9.08. The summed E-state index contributed by atoms with van der Waals surface area (Å²) < 4.78 is 0. The molecule has 41 heavy (non-hydrogen) atoms. The lowest BCUT2D eigenvalue weighted by molar-refractivity contribution is 0.459. The van der Waals surface area contributed by atoms with Crippen molar-refractivity contribution >= 4 is 0 Å². The highest BCUT2D eigenvalue weighted by molar-refractivity contribution is 4.62. The predicted molar refractivity (Wildman–Crippen MR) is 191 cm³/mol. The van der Waals surface area contributed by atoms with Crippen molar-refractivity contribution in [3.8, 4) is 0 Å². The van der Waals surface area contributed by atoms with E-state index in [4.69, 9.17) is 0 Å². The highest BCUT2D eigenvalue weighted by Crippen LogP contribution is 2.20. The first-order valence-electron chi connectivity index (χ1n) is 20.1. The van der Waals surface area contributed by atoms with Gasteiger partial charge in [-0.25, -0.2) is 0 Å². The smallest absolute Gasteiger partial charge is 0.0414 e. The Balaban J connectivity index is 3.13. The van der Waals surface area contributed by atoms with Crippen LogP contribution in [0.15, 0.2) is 0 Å². The van der Waals surface area contributed by atoms with Crippen LogP contribution >= 0.6 is 0 Å². The van der Waals surface area contributed by atoms with E-state index in [1.165, 1.54) is 238 Å².